The lowest BCUT2D eigenvalue weighted by Crippen LogP contribution is -2.05. The highest BCUT2D eigenvalue weighted by atomic mass is 79.9. The topological polar surface area (TPSA) is 71.3 Å². The Labute approximate surface area is 196 Å². The van der Waals surface area contributed by atoms with Crippen LogP contribution >= 0.6 is 15.9 Å². The van der Waals surface area contributed by atoms with Crippen LogP contribution in [-0.4, -0.2) is 18.8 Å². The molecule has 0 fully saturated rings. The molecule has 0 spiro atoms. The summed E-state index contributed by atoms with van der Waals surface area (Å²) in [4.78, 5) is 5.44. The summed E-state index contributed by atoms with van der Waals surface area (Å²) in [6.07, 6.45) is 1.73. The normalized spacial score (nSPS) is 11.9. The molecule has 1 unspecified atom stereocenters. The number of hydrogen-bond acceptors (Lipinski definition) is 4. The maximum atomic E-state index is 12.6. The van der Waals surface area contributed by atoms with Crippen LogP contribution in [0.4, 0.5) is 17.2 Å². The van der Waals surface area contributed by atoms with Crippen LogP contribution in [0, 0.1) is 0 Å². The van der Waals surface area contributed by atoms with Gasteiger partial charge in [0, 0.05) is 23.0 Å². The fourth-order valence-corrected chi connectivity index (χ4v) is 4.46. The van der Waals surface area contributed by atoms with Gasteiger partial charge in [0.25, 0.3) is 0 Å². The maximum Gasteiger partial charge on any atom is 0.172 e. The molecular formula is C24H18BrN5OS. The summed E-state index contributed by atoms with van der Waals surface area (Å²) in [6.45, 7) is 0. The third-order valence-electron chi connectivity index (χ3n) is 4.82. The number of benzene rings is 3. The first-order valence-corrected chi connectivity index (χ1v) is 11.8. The van der Waals surface area contributed by atoms with Crippen LogP contribution in [-0.2, 0) is 11.0 Å². The van der Waals surface area contributed by atoms with Gasteiger partial charge in [-0.25, -0.2) is 9.19 Å². The van der Waals surface area contributed by atoms with Gasteiger partial charge >= 0.3 is 0 Å². The van der Waals surface area contributed by atoms with Crippen molar-refractivity contribution in [2.75, 3.05) is 10.0 Å². The van der Waals surface area contributed by atoms with Gasteiger partial charge in [0.15, 0.2) is 5.65 Å². The highest BCUT2D eigenvalue weighted by molar-refractivity contribution is 9.10. The lowest BCUT2D eigenvalue weighted by molar-refractivity contribution is 0.686. The predicted molar refractivity (Wildman–Crippen MR) is 132 cm³/mol. The van der Waals surface area contributed by atoms with Gasteiger partial charge in [-0.15, -0.1) is 0 Å². The molecule has 0 aliphatic heterocycles. The summed E-state index contributed by atoms with van der Waals surface area (Å²) in [5.74, 6) is 0.774. The first kappa shape index (κ1) is 20.4. The van der Waals surface area contributed by atoms with Crippen LogP contribution in [0.5, 0.6) is 0 Å². The largest absolute Gasteiger partial charge is 0.340 e. The van der Waals surface area contributed by atoms with E-state index in [1.807, 2.05) is 91.0 Å². The molecule has 0 amide bonds. The number of rotatable bonds is 6. The molecule has 0 bridgehead atoms. The van der Waals surface area contributed by atoms with E-state index in [2.05, 4.69) is 31.1 Å². The van der Waals surface area contributed by atoms with Crippen LogP contribution in [0.1, 0.15) is 0 Å². The Morgan fingerprint density at radius 3 is 2.25 bits per heavy atom. The van der Waals surface area contributed by atoms with Crippen LogP contribution in [0.15, 0.2) is 107 Å². The number of hydrogen-bond donors (Lipinski definition) is 2. The summed E-state index contributed by atoms with van der Waals surface area (Å²) in [7, 11) is -1.35. The Hall–Kier alpha value is -3.49. The molecule has 0 saturated carbocycles. The van der Waals surface area contributed by atoms with E-state index in [0.717, 1.165) is 38.6 Å². The Morgan fingerprint density at radius 1 is 0.844 bits per heavy atom. The van der Waals surface area contributed by atoms with Gasteiger partial charge in [0.1, 0.15) is 16.8 Å². The average molecular weight is 504 g/mol. The van der Waals surface area contributed by atoms with Crippen LogP contribution in [0.25, 0.3) is 16.9 Å². The minimum atomic E-state index is -1.35. The predicted octanol–water partition coefficient (Wildman–Crippen LogP) is 6.04. The molecule has 2 heterocycles. The molecule has 2 aromatic heterocycles. The zero-order valence-corrected chi connectivity index (χ0v) is 19.2. The molecule has 3 aromatic carbocycles. The number of anilines is 3. The molecule has 0 saturated heterocycles. The fraction of sp³-hybridized carbons (Fsp3) is 0. The summed E-state index contributed by atoms with van der Waals surface area (Å²) in [5, 5.41) is 7.83. The standard InChI is InChI=1S/C24H18BrN5OS/c25-21-16-26-30-23(15-22(28-24(21)30)17-7-3-1-4-8-17)27-18-11-13-20(14-12-18)32(31)29-19-9-5-2-6-10-19/h1-16,27,29H. The fourth-order valence-electron chi connectivity index (χ4n) is 3.26. The van der Waals surface area contributed by atoms with Crippen molar-refractivity contribution >= 4 is 49.8 Å². The molecule has 2 N–H and O–H groups in total. The summed E-state index contributed by atoms with van der Waals surface area (Å²) >= 11 is 3.53. The van der Waals surface area contributed by atoms with Crippen molar-refractivity contribution in [2.24, 2.45) is 0 Å². The minimum Gasteiger partial charge on any atom is -0.340 e. The number of nitrogens with zero attached hydrogens (tertiary/aromatic N) is 3. The van der Waals surface area contributed by atoms with Gasteiger partial charge in [0.05, 0.1) is 21.3 Å². The second-order valence-electron chi connectivity index (χ2n) is 7.01. The van der Waals surface area contributed by atoms with E-state index in [1.54, 1.807) is 10.7 Å². The zero-order chi connectivity index (χ0) is 21.9. The number of aromatic nitrogens is 3. The van der Waals surface area contributed by atoms with E-state index < -0.39 is 11.0 Å². The molecule has 8 heteroatoms. The van der Waals surface area contributed by atoms with E-state index in [4.69, 9.17) is 4.98 Å². The third kappa shape index (κ3) is 4.28. The molecule has 5 rings (SSSR count). The Kier molecular flexibility index (Phi) is 5.70. The van der Waals surface area contributed by atoms with Crippen molar-refractivity contribution < 1.29 is 4.21 Å². The smallest absolute Gasteiger partial charge is 0.172 e. The van der Waals surface area contributed by atoms with Gasteiger partial charge in [-0.1, -0.05) is 48.5 Å². The van der Waals surface area contributed by atoms with Crippen molar-refractivity contribution in [3.63, 3.8) is 0 Å². The number of fused-ring (bicyclic) bond motifs is 1. The molecule has 1 atom stereocenters. The monoisotopic (exact) mass is 503 g/mol. The molecular weight excluding hydrogens is 486 g/mol. The highest BCUT2D eigenvalue weighted by Crippen LogP contribution is 2.28. The molecule has 0 radical (unpaired) electrons. The Balaban J connectivity index is 1.42. The summed E-state index contributed by atoms with van der Waals surface area (Å²) in [5.41, 5.74) is 4.24. The van der Waals surface area contributed by atoms with E-state index in [0.29, 0.717) is 4.90 Å². The highest BCUT2D eigenvalue weighted by Gasteiger charge is 2.12. The molecule has 5 aromatic rings. The molecule has 32 heavy (non-hydrogen) atoms. The van der Waals surface area contributed by atoms with Crippen LogP contribution in [0.3, 0.4) is 0 Å². The lowest BCUT2D eigenvalue weighted by atomic mass is 10.1. The van der Waals surface area contributed by atoms with E-state index in [9.17, 15) is 4.21 Å². The van der Waals surface area contributed by atoms with E-state index >= 15 is 0 Å². The van der Waals surface area contributed by atoms with E-state index in [1.165, 1.54) is 0 Å². The lowest BCUT2D eigenvalue weighted by Gasteiger charge is -2.12. The second kappa shape index (κ2) is 8.94. The molecule has 0 aliphatic carbocycles. The molecule has 6 nitrogen and oxygen atoms in total. The van der Waals surface area contributed by atoms with Gasteiger partial charge in [-0.2, -0.15) is 9.61 Å². The van der Waals surface area contributed by atoms with Crippen molar-refractivity contribution in [3.8, 4) is 11.3 Å². The van der Waals surface area contributed by atoms with E-state index in [-0.39, 0.29) is 0 Å². The van der Waals surface area contributed by atoms with Crippen molar-refractivity contribution in [1.29, 1.82) is 0 Å². The molecule has 0 aliphatic rings. The van der Waals surface area contributed by atoms with Gasteiger partial charge in [0.2, 0.25) is 0 Å². The van der Waals surface area contributed by atoms with Gasteiger partial charge in [-0.05, 0) is 52.3 Å². The van der Waals surface area contributed by atoms with Crippen molar-refractivity contribution in [2.45, 2.75) is 4.90 Å². The number of para-hydroxylation sites is 1. The average Bonchev–Trinajstić information content (AvgIpc) is 3.22. The van der Waals surface area contributed by atoms with Crippen LogP contribution < -0.4 is 10.0 Å². The first-order valence-electron chi connectivity index (χ1n) is 9.88. The van der Waals surface area contributed by atoms with Crippen LogP contribution in [0.2, 0.25) is 0 Å². The minimum absolute atomic E-state index is 0.686. The van der Waals surface area contributed by atoms with Crippen molar-refractivity contribution in [3.05, 3.63) is 102 Å². The molecule has 158 valence electrons. The quantitative estimate of drug-likeness (QED) is 0.296. The number of halogens is 1. The van der Waals surface area contributed by atoms with Gasteiger partial charge < -0.3 is 10.0 Å². The first-order chi connectivity index (χ1) is 15.7. The zero-order valence-electron chi connectivity index (χ0n) is 16.8. The SMILES string of the molecule is O=S(Nc1ccccc1)c1ccc(Nc2cc(-c3ccccc3)nc3c(Br)cnn23)cc1. The number of nitrogens with one attached hydrogen (secondary N) is 2. The van der Waals surface area contributed by atoms with Gasteiger partial charge in [-0.3, -0.25) is 0 Å². The Morgan fingerprint density at radius 2 is 1.53 bits per heavy atom. The summed E-state index contributed by atoms with van der Waals surface area (Å²) < 4.78 is 18.2. The maximum absolute atomic E-state index is 12.6. The summed E-state index contributed by atoms with van der Waals surface area (Å²) in [6, 6.07) is 28.9. The second-order valence-corrected chi connectivity index (χ2v) is 9.07. The third-order valence-corrected chi connectivity index (χ3v) is 6.50. The Bertz CT molecular complexity index is 1390. The van der Waals surface area contributed by atoms with Crippen molar-refractivity contribution in [1.82, 2.24) is 14.6 Å².